The molecule has 4 heterocycles. The van der Waals surface area contributed by atoms with Gasteiger partial charge in [0, 0.05) is 26.5 Å². The number of hydrogen-bond acceptors (Lipinski definition) is 7. The number of fused-ring (bicyclic) bond motifs is 3. The first kappa shape index (κ1) is 19.8. The highest BCUT2D eigenvalue weighted by Crippen LogP contribution is 2.31. The van der Waals surface area contributed by atoms with Crippen LogP contribution in [0.1, 0.15) is 5.69 Å². The number of aliphatic hydroxyl groups excluding tert-OH is 2. The van der Waals surface area contributed by atoms with Crippen LogP contribution in [-0.2, 0) is 18.4 Å². The number of aromatic amines is 1. The number of amides is 1. The van der Waals surface area contributed by atoms with E-state index in [4.69, 9.17) is 5.11 Å². The number of H-pyrrole nitrogens is 1. The lowest BCUT2D eigenvalue weighted by Crippen LogP contribution is -2.38. The van der Waals surface area contributed by atoms with E-state index in [1.165, 1.54) is 4.90 Å². The summed E-state index contributed by atoms with van der Waals surface area (Å²) >= 11 is 0. The van der Waals surface area contributed by atoms with Gasteiger partial charge in [-0.3, -0.25) is 4.79 Å². The number of aliphatic hydroxyl groups is 2. The van der Waals surface area contributed by atoms with Gasteiger partial charge in [-0.25, -0.2) is 15.0 Å². The SMILES string of the molecule is CNc1nc2[nH]c(-c3cccc(CN(C)C(=O)[C@H](O)CO)n3)cc2c2c1ncn2C. The third kappa shape index (κ3) is 3.36. The first-order valence-corrected chi connectivity index (χ1v) is 9.44. The maximum absolute atomic E-state index is 12.0. The second-order valence-corrected chi connectivity index (χ2v) is 7.12. The molecule has 10 nitrogen and oxygen atoms in total. The van der Waals surface area contributed by atoms with Crippen LogP contribution in [0.2, 0.25) is 0 Å². The van der Waals surface area contributed by atoms with Crippen LogP contribution in [0, 0.1) is 0 Å². The van der Waals surface area contributed by atoms with Crippen molar-refractivity contribution in [3.8, 4) is 11.4 Å². The zero-order valence-corrected chi connectivity index (χ0v) is 16.9. The highest BCUT2D eigenvalue weighted by atomic mass is 16.3. The summed E-state index contributed by atoms with van der Waals surface area (Å²) in [5.41, 5.74) is 4.63. The van der Waals surface area contributed by atoms with Gasteiger partial charge in [-0.2, -0.15) is 0 Å². The number of imidazole rings is 1. The number of hydrogen-bond donors (Lipinski definition) is 4. The van der Waals surface area contributed by atoms with Crippen molar-refractivity contribution in [1.29, 1.82) is 0 Å². The summed E-state index contributed by atoms with van der Waals surface area (Å²) in [5.74, 6) is 0.133. The Morgan fingerprint density at radius 3 is 2.90 bits per heavy atom. The minimum absolute atomic E-state index is 0.206. The average molecular weight is 409 g/mol. The van der Waals surface area contributed by atoms with Gasteiger partial charge < -0.3 is 30.0 Å². The topological polar surface area (TPSA) is 132 Å². The highest BCUT2D eigenvalue weighted by Gasteiger charge is 2.19. The van der Waals surface area contributed by atoms with E-state index in [0.717, 1.165) is 27.8 Å². The van der Waals surface area contributed by atoms with Crippen molar-refractivity contribution >= 4 is 33.8 Å². The van der Waals surface area contributed by atoms with Crippen molar-refractivity contribution in [3.05, 3.63) is 36.3 Å². The summed E-state index contributed by atoms with van der Waals surface area (Å²) in [5, 5.41) is 22.5. The van der Waals surface area contributed by atoms with E-state index in [0.29, 0.717) is 17.2 Å². The van der Waals surface area contributed by atoms with Crippen molar-refractivity contribution in [3.63, 3.8) is 0 Å². The molecule has 4 N–H and O–H groups in total. The lowest BCUT2D eigenvalue weighted by atomic mass is 10.2. The molecule has 0 aliphatic carbocycles. The minimum atomic E-state index is -1.43. The van der Waals surface area contributed by atoms with E-state index in [9.17, 15) is 9.90 Å². The third-order valence-electron chi connectivity index (χ3n) is 4.99. The second kappa shape index (κ2) is 7.73. The fourth-order valence-electron chi connectivity index (χ4n) is 3.48. The lowest BCUT2D eigenvalue weighted by Gasteiger charge is -2.19. The second-order valence-electron chi connectivity index (χ2n) is 7.12. The Kier molecular flexibility index (Phi) is 5.10. The Balaban J connectivity index is 1.71. The normalized spacial score (nSPS) is 12.4. The van der Waals surface area contributed by atoms with E-state index in [1.807, 2.05) is 36.9 Å². The molecule has 0 bridgehead atoms. The summed E-state index contributed by atoms with van der Waals surface area (Å²) < 4.78 is 1.95. The molecular weight excluding hydrogens is 386 g/mol. The lowest BCUT2D eigenvalue weighted by molar-refractivity contribution is -0.141. The number of carbonyl (C=O) groups is 1. The largest absolute Gasteiger partial charge is 0.393 e. The molecule has 4 rings (SSSR count). The number of anilines is 1. The predicted molar refractivity (Wildman–Crippen MR) is 113 cm³/mol. The molecule has 30 heavy (non-hydrogen) atoms. The zero-order chi connectivity index (χ0) is 21.4. The summed E-state index contributed by atoms with van der Waals surface area (Å²) in [4.78, 5) is 30.4. The summed E-state index contributed by atoms with van der Waals surface area (Å²) in [7, 11) is 5.30. The molecule has 1 atom stereocenters. The monoisotopic (exact) mass is 409 g/mol. The summed E-state index contributed by atoms with van der Waals surface area (Å²) in [6.07, 6.45) is 0.326. The van der Waals surface area contributed by atoms with Crippen LogP contribution < -0.4 is 5.32 Å². The number of rotatable bonds is 6. The fraction of sp³-hybridized carbons (Fsp3) is 0.300. The van der Waals surface area contributed by atoms with Gasteiger partial charge >= 0.3 is 0 Å². The molecule has 156 valence electrons. The molecule has 0 unspecified atom stereocenters. The van der Waals surface area contributed by atoms with E-state index < -0.39 is 18.6 Å². The molecule has 10 heteroatoms. The van der Waals surface area contributed by atoms with Crippen molar-refractivity contribution in [2.75, 3.05) is 26.0 Å². The molecule has 0 saturated heterocycles. The number of aryl methyl sites for hydroxylation is 1. The van der Waals surface area contributed by atoms with E-state index in [-0.39, 0.29) is 6.54 Å². The van der Waals surface area contributed by atoms with Crippen LogP contribution in [0.15, 0.2) is 30.6 Å². The van der Waals surface area contributed by atoms with Crippen molar-refractivity contribution < 1.29 is 15.0 Å². The molecule has 1 amide bonds. The first-order valence-electron chi connectivity index (χ1n) is 9.44. The van der Waals surface area contributed by atoms with E-state index >= 15 is 0 Å². The maximum atomic E-state index is 12.0. The first-order chi connectivity index (χ1) is 14.4. The van der Waals surface area contributed by atoms with Gasteiger partial charge in [0.2, 0.25) is 0 Å². The number of aromatic nitrogens is 5. The fourth-order valence-corrected chi connectivity index (χ4v) is 3.48. The molecule has 0 fully saturated rings. The number of pyridine rings is 2. The molecule has 0 aliphatic heterocycles. The smallest absolute Gasteiger partial charge is 0.253 e. The Morgan fingerprint density at radius 2 is 2.17 bits per heavy atom. The maximum Gasteiger partial charge on any atom is 0.253 e. The molecule has 4 aromatic rings. The Bertz CT molecular complexity index is 1230. The van der Waals surface area contributed by atoms with E-state index in [1.54, 1.807) is 19.4 Å². The Labute approximate surface area is 172 Å². The van der Waals surface area contributed by atoms with Gasteiger partial charge in [0.25, 0.3) is 5.91 Å². The quantitative estimate of drug-likeness (QED) is 0.371. The standard InChI is InChI=1S/C20H23N7O3/c1-21-19-16-17(27(3)10-22-16)12-7-14(24-18(12)25-19)13-6-4-5-11(23-13)8-26(2)20(30)15(29)9-28/h4-7,10,15,28-29H,8-9H2,1-3H3,(H2,21,24,25)/t15-/m1/s1. The molecule has 0 aliphatic rings. The summed E-state index contributed by atoms with van der Waals surface area (Å²) in [6.45, 7) is -0.409. The van der Waals surface area contributed by atoms with Gasteiger partial charge in [-0.1, -0.05) is 6.07 Å². The van der Waals surface area contributed by atoms with Gasteiger partial charge in [0.05, 0.1) is 42.1 Å². The van der Waals surface area contributed by atoms with E-state index in [2.05, 4.69) is 25.3 Å². The molecular formula is C20H23N7O3. The predicted octanol–water partition coefficient (Wildman–Crippen LogP) is 0.865. The van der Waals surface area contributed by atoms with Crippen LogP contribution in [0.5, 0.6) is 0 Å². The van der Waals surface area contributed by atoms with Crippen molar-refractivity contribution in [1.82, 2.24) is 29.4 Å². The van der Waals surface area contributed by atoms with Crippen LogP contribution in [-0.4, -0.2) is 72.3 Å². The minimum Gasteiger partial charge on any atom is -0.393 e. The molecule has 0 aromatic carbocycles. The highest BCUT2D eigenvalue weighted by molar-refractivity contribution is 6.07. The Morgan fingerprint density at radius 1 is 1.37 bits per heavy atom. The Hall–Kier alpha value is -3.50. The molecule has 0 saturated carbocycles. The number of nitrogens with one attached hydrogen (secondary N) is 2. The van der Waals surface area contributed by atoms with Crippen LogP contribution in [0.4, 0.5) is 5.82 Å². The molecule has 0 radical (unpaired) electrons. The van der Waals surface area contributed by atoms with Gasteiger partial charge in [-0.05, 0) is 18.2 Å². The zero-order valence-electron chi connectivity index (χ0n) is 16.9. The average Bonchev–Trinajstić information content (AvgIpc) is 3.35. The number of carbonyl (C=O) groups excluding carboxylic acids is 1. The number of nitrogens with zero attached hydrogens (tertiary/aromatic N) is 5. The van der Waals surface area contributed by atoms with Crippen LogP contribution in [0.25, 0.3) is 33.5 Å². The van der Waals surface area contributed by atoms with Gasteiger partial charge in [-0.15, -0.1) is 0 Å². The van der Waals surface area contributed by atoms with Crippen molar-refractivity contribution in [2.24, 2.45) is 7.05 Å². The van der Waals surface area contributed by atoms with Gasteiger partial charge in [0.1, 0.15) is 11.2 Å². The molecule has 0 spiro atoms. The third-order valence-corrected chi connectivity index (χ3v) is 4.99. The molecule has 4 aromatic heterocycles. The van der Waals surface area contributed by atoms with Crippen LogP contribution in [0.3, 0.4) is 0 Å². The van der Waals surface area contributed by atoms with Gasteiger partial charge in [0.15, 0.2) is 11.9 Å². The number of likely N-dealkylation sites (N-methyl/N-ethyl adjacent to an activating group) is 1. The summed E-state index contributed by atoms with van der Waals surface area (Å²) in [6, 6.07) is 7.52. The van der Waals surface area contributed by atoms with Crippen LogP contribution >= 0.6 is 0 Å². The van der Waals surface area contributed by atoms with Crippen molar-refractivity contribution in [2.45, 2.75) is 12.6 Å².